The van der Waals surface area contributed by atoms with Crippen molar-refractivity contribution in [2.45, 2.75) is 12.6 Å². The van der Waals surface area contributed by atoms with Crippen LogP contribution in [0.1, 0.15) is 11.4 Å². The molecule has 0 spiro atoms. The first-order valence-electron chi connectivity index (χ1n) is 6.91. The lowest BCUT2D eigenvalue weighted by Crippen LogP contribution is -2.28. The van der Waals surface area contributed by atoms with Crippen LogP contribution in [0.4, 0.5) is 24.0 Å². The van der Waals surface area contributed by atoms with Crippen molar-refractivity contribution in [2.75, 3.05) is 16.8 Å². The van der Waals surface area contributed by atoms with E-state index in [1.165, 1.54) is 4.90 Å². The fraction of sp³-hybridized carbons (Fsp3) is 0.286. The quantitative estimate of drug-likeness (QED) is 0.917. The molecule has 0 bridgehead atoms. The molecular weight excluding hydrogens is 345 g/mol. The molecule has 1 aromatic carbocycles. The molecule has 6 nitrogen and oxygen atoms in total. The van der Waals surface area contributed by atoms with Gasteiger partial charge >= 0.3 is 6.18 Å². The Balaban J connectivity index is 1.66. The van der Waals surface area contributed by atoms with Gasteiger partial charge in [0, 0.05) is 18.7 Å². The fourth-order valence-corrected chi connectivity index (χ4v) is 2.95. The zero-order chi connectivity index (χ0) is 17.3. The minimum absolute atomic E-state index is 0.00827. The highest BCUT2D eigenvalue weighted by molar-refractivity contribution is 7.15. The molecule has 0 unspecified atom stereocenters. The van der Waals surface area contributed by atoms with Crippen LogP contribution in [0.5, 0.6) is 0 Å². The van der Waals surface area contributed by atoms with Crippen LogP contribution in [-0.4, -0.2) is 28.6 Å². The smallest absolute Gasteiger partial charge is 0.312 e. The summed E-state index contributed by atoms with van der Waals surface area (Å²) in [7, 11) is 0. The zero-order valence-electron chi connectivity index (χ0n) is 12.1. The van der Waals surface area contributed by atoms with Gasteiger partial charge in [-0.2, -0.15) is 13.2 Å². The Morgan fingerprint density at radius 2 is 1.96 bits per heavy atom. The number of anilines is 2. The molecule has 1 saturated heterocycles. The summed E-state index contributed by atoms with van der Waals surface area (Å²) in [6, 6.07) is 8.85. The summed E-state index contributed by atoms with van der Waals surface area (Å²) in [6.07, 6.45) is -4.61. The fourth-order valence-electron chi connectivity index (χ4n) is 2.34. The Morgan fingerprint density at radius 1 is 1.25 bits per heavy atom. The first-order valence-corrected chi connectivity index (χ1v) is 7.73. The third-order valence-corrected chi connectivity index (χ3v) is 4.34. The van der Waals surface area contributed by atoms with Gasteiger partial charge in [0.25, 0.3) is 0 Å². The van der Waals surface area contributed by atoms with E-state index in [0.29, 0.717) is 5.69 Å². The van der Waals surface area contributed by atoms with E-state index in [0.717, 1.165) is 0 Å². The van der Waals surface area contributed by atoms with Crippen molar-refractivity contribution in [3.05, 3.63) is 35.3 Å². The largest absolute Gasteiger partial charge is 0.445 e. The zero-order valence-corrected chi connectivity index (χ0v) is 12.9. The van der Waals surface area contributed by atoms with Crippen molar-refractivity contribution >= 4 is 34.0 Å². The number of amides is 2. The number of aromatic nitrogens is 2. The summed E-state index contributed by atoms with van der Waals surface area (Å²) in [5, 5.41) is 7.23. The minimum Gasteiger partial charge on any atom is -0.312 e. The SMILES string of the molecule is O=C(Nc1nnc(C(F)(F)F)s1)[C@H]1CC(=O)N(c2ccccc2)C1. The number of alkyl halides is 3. The lowest BCUT2D eigenvalue weighted by molar-refractivity contribution is -0.138. The number of rotatable bonds is 3. The highest BCUT2D eigenvalue weighted by Gasteiger charge is 2.37. The topological polar surface area (TPSA) is 75.2 Å². The molecule has 24 heavy (non-hydrogen) atoms. The number of para-hydroxylation sites is 1. The van der Waals surface area contributed by atoms with Crippen LogP contribution in [0.2, 0.25) is 0 Å². The molecule has 0 radical (unpaired) electrons. The summed E-state index contributed by atoms with van der Waals surface area (Å²) < 4.78 is 37.4. The first-order chi connectivity index (χ1) is 11.3. The molecule has 2 aromatic rings. The normalized spacial score (nSPS) is 18.0. The molecule has 10 heteroatoms. The number of halogens is 3. The maximum absolute atomic E-state index is 12.5. The molecule has 126 valence electrons. The molecule has 3 rings (SSSR count). The second-order valence-corrected chi connectivity index (χ2v) is 6.12. The summed E-state index contributed by atoms with van der Waals surface area (Å²) >= 11 is 0.247. The van der Waals surface area contributed by atoms with E-state index in [2.05, 4.69) is 15.5 Å². The number of nitrogens with zero attached hydrogens (tertiary/aromatic N) is 3. The molecule has 1 aromatic heterocycles. The molecule has 1 aliphatic heterocycles. The Morgan fingerprint density at radius 3 is 2.58 bits per heavy atom. The number of benzene rings is 1. The van der Waals surface area contributed by atoms with E-state index in [1.807, 2.05) is 6.07 Å². The molecule has 1 N–H and O–H groups in total. The van der Waals surface area contributed by atoms with Crippen molar-refractivity contribution in [1.82, 2.24) is 10.2 Å². The molecule has 1 atom stereocenters. The highest BCUT2D eigenvalue weighted by atomic mass is 32.1. The van der Waals surface area contributed by atoms with Crippen LogP contribution in [0.25, 0.3) is 0 Å². The lowest BCUT2D eigenvalue weighted by atomic mass is 10.1. The maximum atomic E-state index is 12.5. The average Bonchev–Trinajstić information content (AvgIpc) is 3.14. The monoisotopic (exact) mass is 356 g/mol. The van der Waals surface area contributed by atoms with Gasteiger partial charge in [-0.25, -0.2) is 0 Å². The predicted molar refractivity (Wildman–Crippen MR) is 80.4 cm³/mol. The number of nitrogens with one attached hydrogen (secondary N) is 1. The molecular formula is C14H11F3N4O2S. The predicted octanol–water partition coefficient (Wildman–Crippen LogP) is 2.55. The first kappa shape index (κ1) is 16.4. The van der Waals surface area contributed by atoms with Gasteiger partial charge in [0.1, 0.15) is 0 Å². The number of carbonyl (C=O) groups is 2. The van der Waals surface area contributed by atoms with E-state index in [-0.39, 0.29) is 35.3 Å². The molecule has 1 fully saturated rings. The van der Waals surface area contributed by atoms with E-state index < -0.39 is 23.0 Å². The standard InChI is InChI=1S/C14H11F3N4O2S/c15-14(16,17)12-19-20-13(24-12)18-11(23)8-6-10(22)21(7-8)9-4-2-1-3-5-9/h1-5,8H,6-7H2,(H,18,20,23)/t8-/m0/s1. The molecule has 1 aliphatic rings. The van der Waals surface area contributed by atoms with E-state index in [9.17, 15) is 22.8 Å². The molecule has 0 saturated carbocycles. The maximum Gasteiger partial charge on any atom is 0.445 e. The average molecular weight is 356 g/mol. The Kier molecular flexibility index (Phi) is 4.22. The summed E-state index contributed by atoms with van der Waals surface area (Å²) in [5.41, 5.74) is 0.674. The van der Waals surface area contributed by atoms with Crippen molar-refractivity contribution < 1.29 is 22.8 Å². The van der Waals surface area contributed by atoms with Crippen molar-refractivity contribution in [3.63, 3.8) is 0 Å². The summed E-state index contributed by atoms with van der Waals surface area (Å²) in [5.74, 6) is -1.42. The molecule has 0 aliphatic carbocycles. The minimum atomic E-state index is -4.60. The second-order valence-electron chi connectivity index (χ2n) is 5.14. The lowest BCUT2D eigenvalue weighted by Gasteiger charge is -2.16. The summed E-state index contributed by atoms with van der Waals surface area (Å²) in [6.45, 7) is 0.166. The van der Waals surface area contributed by atoms with Crippen molar-refractivity contribution in [1.29, 1.82) is 0 Å². The van der Waals surface area contributed by atoms with Crippen molar-refractivity contribution in [3.8, 4) is 0 Å². The van der Waals surface area contributed by atoms with Crippen molar-refractivity contribution in [2.24, 2.45) is 5.92 Å². The van der Waals surface area contributed by atoms with Gasteiger partial charge in [-0.3, -0.25) is 9.59 Å². The van der Waals surface area contributed by atoms with Crippen LogP contribution >= 0.6 is 11.3 Å². The van der Waals surface area contributed by atoms with E-state index in [4.69, 9.17) is 0 Å². The highest BCUT2D eigenvalue weighted by Crippen LogP contribution is 2.33. The van der Waals surface area contributed by atoms with Gasteiger partial charge in [-0.1, -0.05) is 29.5 Å². The summed E-state index contributed by atoms with van der Waals surface area (Å²) in [4.78, 5) is 25.7. The van der Waals surface area contributed by atoms with Gasteiger partial charge in [-0.05, 0) is 12.1 Å². The Labute approximate surface area is 138 Å². The van der Waals surface area contributed by atoms with E-state index in [1.54, 1.807) is 24.3 Å². The van der Waals surface area contributed by atoms with Crippen LogP contribution in [0.3, 0.4) is 0 Å². The van der Waals surface area contributed by atoms with Gasteiger partial charge < -0.3 is 10.2 Å². The van der Waals surface area contributed by atoms with Crippen LogP contribution < -0.4 is 10.2 Å². The van der Waals surface area contributed by atoms with Crippen LogP contribution in [0, 0.1) is 5.92 Å². The molecule has 2 heterocycles. The second kappa shape index (κ2) is 6.19. The number of hydrogen-bond donors (Lipinski definition) is 1. The van der Waals surface area contributed by atoms with Crippen LogP contribution in [0.15, 0.2) is 30.3 Å². The number of carbonyl (C=O) groups excluding carboxylic acids is 2. The van der Waals surface area contributed by atoms with E-state index >= 15 is 0 Å². The van der Waals surface area contributed by atoms with Gasteiger partial charge in [-0.15, -0.1) is 10.2 Å². The Bertz CT molecular complexity index is 763. The van der Waals surface area contributed by atoms with Gasteiger partial charge in [0.05, 0.1) is 5.92 Å². The number of hydrogen-bond acceptors (Lipinski definition) is 5. The molecule has 2 amide bonds. The Hall–Kier alpha value is -2.49. The third-order valence-electron chi connectivity index (χ3n) is 3.46. The van der Waals surface area contributed by atoms with Gasteiger partial charge in [0.15, 0.2) is 0 Å². The van der Waals surface area contributed by atoms with Gasteiger partial charge in [0.2, 0.25) is 22.0 Å². The van der Waals surface area contributed by atoms with Crippen LogP contribution in [-0.2, 0) is 15.8 Å². The third kappa shape index (κ3) is 3.37.